The van der Waals surface area contributed by atoms with Gasteiger partial charge < -0.3 is 0 Å². The molecule has 7 heteroatoms. The van der Waals surface area contributed by atoms with Crippen molar-refractivity contribution in [2.75, 3.05) is 0 Å². The Morgan fingerprint density at radius 3 is 2.36 bits per heavy atom. The molecule has 0 saturated heterocycles. The molecule has 0 unspecified atom stereocenters. The number of hydrazine groups is 1. The quantitative estimate of drug-likeness (QED) is 0.643. The number of aryl methyl sites for hydroxylation is 2. The third-order valence-electron chi connectivity index (χ3n) is 4.32. The summed E-state index contributed by atoms with van der Waals surface area (Å²) in [4.78, 5) is 37.1. The third kappa shape index (κ3) is 4.43. The van der Waals surface area contributed by atoms with E-state index in [4.69, 9.17) is 0 Å². The Bertz CT molecular complexity index is 1040. The van der Waals surface area contributed by atoms with Crippen molar-refractivity contribution < 1.29 is 9.59 Å². The van der Waals surface area contributed by atoms with Crippen LogP contribution >= 0.6 is 0 Å². The van der Waals surface area contributed by atoms with Crippen LogP contribution in [0.5, 0.6) is 0 Å². The Morgan fingerprint density at radius 1 is 0.964 bits per heavy atom. The fourth-order valence-electron chi connectivity index (χ4n) is 2.92. The second-order valence-electron chi connectivity index (χ2n) is 6.41. The van der Waals surface area contributed by atoms with Gasteiger partial charge in [0.25, 0.3) is 11.5 Å². The van der Waals surface area contributed by atoms with Gasteiger partial charge in [-0.15, -0.1) is 0 Å². The number of carbonyl (C=O) groups is 2. The number of nitrogens with one attached hydrogen (secondary N) is 2. The van der Waals surface area contributed by atoms with Crippen LogP contribution in [0.3, 0.4) is 0 Å². The van der Waals surface area contributed by atoms with Crippen LogP contribution in [0.25, 0.3) is 10.8 Å². The molecule has 0 saturated carbocycles. The summed E-state index contributed by atoms with van der Waals surface area (Å²) in [5.74, 6) is -0.863. The standard InChI is InChI=1S/C21H22N4O3/c1-2-14-25-21(28)17-11-7-6-10-16(17)19(24-25)20(27)23-22-18(26)13-12-15-8-4-3-5-9-15/h3-11H,2,12-14H2,1H3,(H,22,26)(H,23,27). The topological polar surface area (TPSA) is 93.1 Å². The summed E-state index contributed by atoms with van der Waals surface area (Å²) >= 11 is 0. The minimum Gasteiger partial charge on any atom is -0.273 e. The number of nitrogens with zero attached hydrogens (tertiary/aromatic N) is 2. The molecule has 2 amide bonds. The highest BCUT2D eigenvalue weighted by molar-refractivity contribution is 6.05. The average molecular weight is 378 g/mol. The lowest BCUT2D eigenvalue weighted by Crippen LogP contribution is -2.42. The minimum absolute atomic E-state index is 0.104. The van der Waals surface area contributed by atoms with Crippen LogP contribution < -0.4 is 16.4 Å². The van der Waals surface area contributed by atoms with Gasteiger partial charge in [-0.2, -0.15) is 5.10 Å². The van der Waals surface area contributed by atoms with Crippen LogP contribution in [0.2, 0.25) is 0 Å². The molecule has 0 bridgehead atoms. The predicted octanol–water partition coefficient (Wildman–Crippen LogP) is 2.20. The molecule has 0 radical (unpaired) electrons. The second-order valence-corrected chi connectivity index (χ2v) is 6.41. The van der Waals surface area contributed by atoms with Gasteiger partial charge in [0, 0.05) is 18.4 Å². The van der Waals surface area contributed by atoms with Crippen molar-refractivity contribution in [3.8, 4) is 0 Å². The van der Waals surface area contributed by atoms with Crippen molar-refractivity contribution in [3.05, 3.63) is 76.2 Å². The molecule has 0 atom stereocenters. The number of aromatic nitrogens is 2. The van der Waals surface area contributed by atoms with E-state index < -0.39 is 5.91 Å². The lowest BCUT2D eigenvalue weighted by molar-refractivity contribution is -0.121. The number of fused-ring (bicyclic) bond motifs is 1. The highest BCUT2D eigenvalue weighted by Crippen LogP contribution is 2.13. The summed E-state index contributed by atoms with van der Waals surface area (Å²) in [7, 11) is 0. The number of hydrogen-bond acceptors (Lipinski definition) is 4. The Hall–Kier alpha value is -3.48. The Labute approximate surface area is 162 Å². The van der Waals surface area contributed by atoms with Crippen LogP contribution in [0.4, 0.5) is 0 Å². The average Bonchev–Trinajstić information content (AvgIpc) is 2.73. The molecular weight excluding hydrogens is 356 g/mol. The van der Waals surface area contributed by atoms with Crippen molar-refractivity contribution in [3.63, 3.8) is 0 Å². The monoisotopic (exact) mass is 378 g/mol. The first-order chi connectivity index (χ1) is 13.6. The molecule has 1 aromatic heterocycles. The molecule has 0 fully saturated rings. The molecule has 3 aromatic rings. The summed E-state index contributed by atoms with van der Waals surface area (Å²) in [6.07, 6.45) is 1.53. The Balaban J connectivity index is 1.71. The molecule has 1 heterocycles. The molecule has 0 aliphatic rings. The number of rotatable bonds is 6. The molecule has 0 aliphatic carbocycles. The summed E-state index contributed by atoms with van der Waals surface area (Å²) in [5.41, 5.74) is 5.73. The fourth-order valence-corrected chi connectivity index (χ4v) is 2.92. The number of carbonyl (C=O) groups excluding carboxylic acids is 2. The molecule has 2 aromatic carbocycles. The van der Waals surface area contributed by atoms with E-state index in [-0.39, 0.29) is 23.6 Å². The first-order valence-corrected chi connectivity index (χ1v) is 9.23. The number of hydrogen-bond donors (Lipinski definition) is 2. The van der Waals surface area contributed by atoms with E-state index in [1.165, 1.54) is 4.68 Å². The van der Waals surface area contributed by atoms with Gasteiger partial charge in [0.05, 0.1) is 5.39 Å². The summed E-state index contributed by atoms with van der Waals surface area (Å²) in [5, 5.41) is 5.08. The molecule has 28 heavy (non-hydrogen) atoms. The van der Waals surface area contributed by atoms with E-state index in [0.717, 1.165) is 5.56 Å². The highest BCUT2D eigenvalue weighted by atomic mass is 16.2. The van der Waals surface area contributed by atoms with Crippen LogP contribution in [-0.2, 0) is 17.8 Å². The summed E-state index contributed by atoms with van der Waals surface area (Å²) in [6, 6.07) is 16.5. The van der Waals surface area contributed by atoms with Crippen LogP contribution in [0.1, 0.15) is 35.8 Å². The van der Waals surface area contributed by atoms with Crippen molar-refractivity contribution in [1.82, 2.24) is 20.6 Å². The van der Waals surface area contributed by atoms with E-state index in [9.17, 15) is 14.4 Å². The van der Waals surface area contributed by atoms with E-state index in [2.05, 4.69) is 16.0 Å². The maximum Gasteiger partial charge on any atom is 0.290 e. The normalized spacial score (nSPS) is 10.6. The van der Waals surface area contributed by atoms with Crippen LogP contribution in [0, 0.1) is 0 Å². The molecule has 3 rings (SSSR count). The fraction of sp³-hybridized carbons (Fsp3) is 0.238. The van der Waals surface area contributed by atoms with Gasteiger partial charge in [-0.05, 0) is 24.5 Å². The first-order valence-electron chi connectivity index (χ1n) is 9.23. The Morgan fingerprint density at radius 2 is 1.64 bits per heavy atom. The smallest absolute Gasteiger partial charge is 0.273 e. The van der Waals surface area contributed by atoms with Gasteiger partial charge in [0.2, 0.25) is 5.91 Å². The molecule has 0 aliphatic heterocycles. The van der Waals surface area contributed by atoms with E-state index in [1.54, 1.807) is 24.3 Å². The zero-order valence-corrected chi connectivity index (χ0v) is 15.6. The molecular formula is C21H22N4O3. The third-order valence-corrected chi connectivity index (χ3v) is 4.32. The van der Waals surface area contributed by atoms with Gasteiger partial charge >= 0.3 is 0 Å². The van der Waals surface area contributed by atoms with E-state index >= 15 is 0 Å². The molecule has 144 valence electrons. The first kappa shape index (κ1) is 19.3. The van der Waals surface area contributed by atoms with Gasteiger partial charge in [-0.3, -0.25) is 25.2 Å². The zero-order valence-electron chi connectivity index (χ0n) is 15.6. The summed E-state index contributed by atoms with van der Waals surface area (Å²) in [6.45, 7) is 2.34. The zero-order chi connectivity index (χ0) is 19.9. The van der Waals surface area contributed by atoms with Gasteiger partial charge in [0.1, 0.15) is 0 Å². The van der Waals surface area contributed by atoms with Gasteiger partial charge in [-0.25, -0.2) is 4.68 Å². The van der Waals surface area contributed by atoms with Crippen molar-refractivity contribution >= 4 is 22.6 Å². The lowest BCUT2D eigenvalue weighted by Gasteiger charge is -2.11. The number of benzene rings is 2. The van der Waals surface area contributed by atoms with E-state index in [1.807, 2.05) is 37.3 Å². The highest BCUT2D eigenvalue weighted by Gasteiger charge is 2.17. The van der Waals surface area contributed by atoms with Crippen LogP contribution in [0.15, 0.2) is 59.4 Å². The van der Waals surface area contributed by atoms with E-state index in [0.29, 0.717) is 30.2 Å². The van der Waals surface area contributed by atoms with Gasteiger partial charge in [0.15, 0.2) is 5.69 Å². The Kier molecular flexibility index (Phi) is 6.16. The summed E-state index contributed by atoms with van der Waals surface area (Å²) < 4.78 is 1.29. The van der Waals surface area contributed by atoms with Crippen molar-refractivity contribution in [2.45, 2.75) is 32.7 Å². The largest absolute Gasteiger partial charge is 0.290 e. The SMILES string of the molecule is CCCn1nc(C(=O)NNC(=O)CCc2ccccc2)c2ccccc2c1=O. The molecule has 2 N–H and O–H groups in total. The lowest BCUT2D eigenvalue weighted by atomic mass is 10.1. The predicted molar refractivity (Wildman–Crippen MR) is 107 cm³/mol. The molecule has 0 spiro atoms. The molecule has 7 nitrogen and oxygen atoms in total. The maximum absolute atomic E-state index is 12.6. The van der Waals surface area contributed by atoms with Gasteiger partial charge in [-0.1, -0.05) is 55.5 Å². The van der Waals surface area contributed by atoms with Crippen LogP contribution in [-0.4, -0.2) is 21.6 Å². The second kappa shape index (κ2) is 8.94. The minimum atomic E-state index is -0.561. The van der Waals surface area contributed by atoms with Crippen molar-refractivity contribution in [1.29, 1.82) is 0 Å². The maximum atomic E-state index is 12.6. The number of amides is 2. The van der Waals surface area contributed by atoms with Crippen molar-refractivity contribution in [2.24, 2.45) is 0 Å².